The standard InChI is InChI=1S/C41H33N3O/c1-3-12-27(13-4-1)35-24-29-17-8-10-20-32(29)38-37(35)34-23-22-30(25-36(34)45-38)40-42-39(28-15-5-2-6-16-28)43-41(44-40)33-21-11-18-26-14-7-9-19-31(26)33/h2-3,5-23,26,30-31,35H,1,4,24-25H2. The number of hydrogen-bond donors (Lipinski definition) is 0. The number of hydrogen-bond acceptors (Lipinski definition) is 4. The Bertz CT molecular complexity index is 2030. The van der Waals surface area contributed by atoms with E-state index in [4.69, 9.17) is 19.4 Å². The van der Waals surface area contributed by atoms with Gasteiger partial charge < -0.3 is 4.42 Å². The van der Waals surface area contributed by atoms with Crippen molar-refractivity contribution in [3.05, 3.63) is 161 Å². The largest absolute Gasteiger partial charge is 0.460 e. The molecule has 4 atom stereocenters. The second-order valence-electron chi connectivity index (χ2n) is 12.5. The van der Waals surface area contributed by atoms with Crippen molar-refractivity contribution in [3.63, 3.8) is 0 Å². The number of allylic oxidation sites excluding steroid dienone is 13. The minimum absolute atomic E-state index is 0.0193. The van der Waals surface area contributed by atoms with Gasteiger partial charge in [0.15, 0.2) is 11.6 Å². The summed E-state index contributed by atoms with van der Waals surface area (Å²) in [7, 11) is 0. The van der Waals surface area contributed by atoms with Crippen molar-refractivity contribution < 1.29 is 4.42 Å². The lowest BCUT2D eigenvalue weighted by molar-refractivity contribution is 0.500. The molecule has 0 saturated carbocycles. The molecule has 5 aliphatic carbocycles. The molecule has 45 heavy (non-hydrogen) atoms. The van der Waals surface area contributed by atoms with Crippen molar-refractivity contribution in [1.82, 2.24) is 15.0 Å². The molecule has 4 nitrogen and oxygen atoms in total. The molecule has 5 aliphatic rings. The molecule has 0 fully saturated rings. The fraction of sp³-hybridized carbons (Fsp3) is 0.195. The lowest BCUT2D eigenvalue weighted by Crippen LogP contribution is -2.19. The zero-order chi connectivity index (χ0) is 29.7. The Balaban J connectivity index is 1.14. The normalized spacial score (nSPS) is 23.9. The quantitative estimate of drug-likeness (QED) is 0.240. The summed E-state index contributed by atoms with van der Waals surface area (Å²) in [5, 5.41) is 0. The molecule has 4 unspecified atom stereocenters. The average molecular weight is 584 g/mol. The van der Waals surface area contributed by atoms with Gasteiger partial charge >= 0.3 is 0 Å². The van der Waals surface area contributed by atoms with E-state index in [2.05, 4.69) is 109 Å². The fourth-order valence-corrected chi connectivity index (χ4v) is 7.61. The zero-order valence-electron chi connectivity index (χ0n) is 25.0. The summed E-state index contributed by atoms with van der Waals surface area (Å²) in [6.45, 7) is 0. The SMILES string of the molecule is C1=CC2C=CC=C(c3nc(-c4ccccc4)nc(C4C=Cc5c(oc6c5C(C5=CCCC=C5)Cc5ccccc5-6)C4)n3)C2C=C1. The first-order valence-corrected chi connectivity index (χ1v) is 16.1. The van der Waals surface area contributed by atoms with Gasteiger partial charge in [-0.3, -0.25) is 0 Å². The maximum absolute atomic E-state index is 6.85. The molecule has 0 saturated heterocycles. The lowest BCUT2D eigenvalue weighted by atomic mass is 9.75. The maximum atomic E-state index is 6.85. The van der Waals surface area contributed by atoms with Crippen molar-refractivity contribution in [2.24, 2.45) is 11.8 Å². The smallest absolute Gasteiger partial charge is 0.163 e. The Morgan fingerprint density at radius 2 is 1.58 bits per heavy atom. The Labute approximate surface area is 263 Å². The molecule has 0 aliphatic heterocycles. The highest BCUT2D eigenvalue weighted by atomic mass is 16.3. The van der Waals surface area contributed by atoms with Crippen molar-refractivity contribution in [3.8, 4) is 22.7 Å². The number of fused-ring (bicyclic) bond motifs is 6. The molecule has 9 rings (SSSR count). The molecule has 218 valence electrons. The Hall–Kier alpha value is -5.09. The summed E-state index contributed by atoms with van der Waals surface area (Å²) >= 11 is 0. The van der Waals surface area contributed by atoms with Gasteiger partial charge in [0.2, 0.25) is 0 Å². The van der Waals surface area contributed by atoms with Crippen LogP contribution in [-0.2, 0) is 12.8 Å². The Morgan fingerprint density at radius 3 is 2.49 bits per heavy atom. The minimum Gasteiger partial charge on any atom is -0.460 e. The predicted molar refractivity (Wildman–Crippen MR) is 180 cm³/mol. The van der Waals surface area contributed by atoms with Gasteiger partial charge in [0.25, 0.3) is 0 Å². The molecule has 4 heteroatoms. The van der Waals surface area contributed by atoms with Gasteiger partial charge in [-0.1, -0.05) is 128 Å². The first-order chi connectivity index (χ1) is 22.3. The minimum atomic E-state index is -0.0193. The first-order valence-electron chi connectivity index (χ1n) is 16.1. The van der Waals surface area contributed by atoms with Gasteiger partial charge in [0, 0.05) is 57.9 Å². The van der Waals surface area contributed by atoms with Crippen LogP contribution in [0.5, 0.6) is 0 Å². The van der Waals surface area contributed by atoms with Crippen LogP contribution in [0.1, 0.15) is 58.8 Å². The summed E-state index contributed by atoms with van der Waals surface area (Å²) in [5.74, 6) is 5.10. The number of furan rings is 1. The molecular formula is C41H33N3O. The van der Waals surface area contributed by atoms with Crippen LogP contribution in [0.3, 0.4) is 0 Å². The van der Waals surface area contributed by atoms with Crippen LogP contribution in [0.15, 0.2) is 131 Å². The van der Waals surface area contributed by atoms with Gasteiger partial charge in [0.05, 0.1) is 0 Å². The summed E-state index contributed by atoms with van der Waals surface area (Å²) < 4.78 is 6.85. The topological polar surface area (TPSA) is 51.8 Å². The summed E-state index contributed by atoms with van der Waals surface area (Å²) in [5.41, 5.74) is 8.68. The summed E-state index contributed by atoms with van der Waals surface area (Å²) in [4.78, 5) is 15.3. The second-order valence-corrected chi connectivity index (χ2v) is 12.5. The molecule has 2 heterocycles. The monoisotopic (exact) mass is 583 g/mol. The van der Waals surface area contributed by atoms with Crippen LogP contribution < -0.4 is 0 Å². The second kappa shape index (κ2) is 10.8. The molecule has 2 aromatic heterocycles. The van der Waals surface area contributed by atoms with Gasteiger partial charge in [-0.05, 0) is 30.4 Å². The van der Waals surface area contributed by atoms with Crippen molar-refractivity contribution in [1.29, 1.82) is 0 Å². The molecule has 0 N–H and O–H groups in total. The van der Waals surface area contributed by atoms with Crippen LogP contribution in [-0.4, -0.2) is 15.0 Å². The summed E-state index contributed by atoms with van der Waals surface area (Å²) in [6.07, 6.45) is 30.9. The first kappa shape index (κ1) is 26.3. The lowest BCUT2D eigenvalue weighted by Gasteiger charge is -2.27. The van der Waals surface area contributed by atoms with Crippen LogP contribution in [0.4, 0.5) is 0 Å². The van der Waals surface area contributed by atoms with E-state index in [9.17, 15) is 0 Å². The molecule has 2 aromatic carbocycles. The van der Waals surface area contributed by atoms with Gasteiger partial charge in [0.1, 0.15) is 17.3 Å². The Kier molecular flexibility index (Phi) is 6.33. The van der Waals surface area contributed by atoms with Crippen molar-refractivity contribution >= 4 is 11.6 Å². The molecule has 0 amide bonds. The van der Waals surface area contributed by atoms with E-state index in [-0.39, 0.29) is 11.8 Å². The number of nitrogens with zero attached hydrogens (tertiary/aromatic N) is 3. The van der Waals surface area contributed by atoms with E-state index in [1.54, 1.807) is 0 Å². The van der Waals surface area contributed by atoms with E-state index in [0.717, 1.165) is 53.6 Å². The van der Waals surface area contributed by atoms with E-state index in [0.29, 0.717) is 24.1 Å². The van der Waals surface area contributed by atoms with Crippen molar-refractivity contribution in [2.75, 3.05) is 0 Å². The van der Waals surface area contributed by atoms with Crippen LogP contribution >= 0.6 is 0 Å². The maximum Gasteiger partial charge on any atom is 0.163 e. The fourth-order valence-electron chi connectivity index (χ4n) is 7.61. The van der Waals surface area contributed by atoms with Crippen LogP contribution in [0.25, 0.3) is 34.4 Å². The van der Waals surface area contributed by atoms with E-state index in [1.807, 2.05) is 18.2 Å². The number of rotatable bonds is 4. The molecule has 0 bridgehead atoms. The summed E-state index contributed by atoms with van der Waals surface area (Å²) in [6, 6.07) is 19.0. The molecule has 0 spiro atoms. The molecular weight excluding hydrogens is 550 g/mol. The highest BCUT2D eigenvalue weighted by molar-refractivity contribution is 5.78. The average Bonchev–Trinajstić information content (AvgIpc) is 3.51. The highest BCUT2D eigenvalue weighted by Gasteiger charge is 2.36. The number of aromatic nitrogens is 3. The van der Waals surface area contributed by atoms with Crippen LogP contribution in [0, 0.1) is 11.8 Å². The molecule has 0 radical (unpaired) electrons. The Morgan fingerprint density at radius 1 is 0.733 bits per heavy atom. The zero-order valence-corrected chi connectivity index (χ0v) is 25.0. The predicted octanol–water partition coefficient (Wildman–Crippen LogP) is 9.38. The van der Waals surface area contributed by atoms with Crippen LogP contribution in [0.2, 0.25) is 0 Å². The molecule has 4 aromatic rings. The van der Waals surface area contributed by atoms with E-state index >= 15 is 0 Å². The third-order valence-corrected chi connectivity index (χ3v) is 9.84. The number of benzene rings is 2. The van der Waals surface area contributed by atoms with Gasteiger partial charge in [-0.2, -0.15) is 0 Å². The van der Waals surface area contributed by atoms with Gasteiger partial charge in [-0.15, -0.1) is 0 Å². The van der Waals surface area contributed by atoms with E-state index in [1.165, 1.54) is 27.8 Å². The third kappa shape index (κ3) is 4.55. The highest BCUT2D eigenvalue weighted by Crippen LogP contribution is 2.50. The van der Waals surface area contributed by atoms with Gasteiger partial charge in [-0.25, -0.2) is 15.0 Å². The third-order valence-electron chi connectivity index (χ3n) is 9.84. The van der Waals surface area contributed by atoms with Crippen molar-refractivity contribution in [2.45, 2.75) is 37.5 Å². The van der Waals surface area contributed by atoms with E-state index < -0.39 is 0 Å².